The molecule has 1 aromatic heterocycles. The van der Waals surface area contributed by atoms with Crippen molar-refractivity contribution in [2.45, 2.75) is 31.1 Å². The Balaban J connectivity index is 1.52. The van der Waals surface area contributed by atoms with Gasteiger partial charge < -0.3 is 5.32 Å². The Morgan fingerprint density at radius 3 is 2.29 bits per heavy atom. The number of nitrogens with one attached hydrogen (secondary N) is 2. The molecule has 3 aromatic rings. The molecule has 0 aliphatic rings. The molecule has 6 heteroatoms. The maximum atomic E-state index is 12.5. The summed E-state index contributed by atoms with van der Waals surface area (Å²) in [5.74, 6) is 0.725. The molecule has 28 heavy (non-hydrogen) atoms. The van der Waals surface area contributed by atoms with Gasteiger partial charge in [0.2, 0.25) is 0 Å². The van der Waals surface area contributed by atoms with Gasteiger partial charge >= 0.3 is 0 Å². The number of pyridine rings is 1. The van der Waals surface area contributed by atoms with Crippen LogP contribution in [0.25, 0.3) is 0 Å². The lowest BCUT2D eigenvalue weighted by molar-refractivity contribution is 0.601. The van der Waals surface area contributed by atoms with Crippen LogP contribution in [0, 0.1) is 0 Å². The zero-order chi connectivity index (χ0) is 19.8. The zero-order valence-electron chi connectivity index (χ0n) is 15.9. The van der Waals surface area contributed by atoms with Crippen LogP contribution in [0.1, 0.15) is 24.5 Å². The van der Waals surface area contributed by atoms with Crippen LogP contribution < -0.4 is 10.0 Å². The molecule has 0 radical (unpaired) electrons. The fraction of sp³-hybridized carbons (Fsp3) is 0.227. The molecular formula is C22H25N3O2S. The SMILES string of the molecule is CCc1ccc(S(=O)(=O)Nc2ccc(NCCCc3ccccc3)nc2)cc1. The third-order valence-corrected chi connectivity index (χ3v) is 5.85. The number of rotatable bonds is 9. The molecule has 0 aliphatic heterocycles. The van der Waals surface area contributed by atoms with E-state index in [-0.39, 0.29) is 4.90 Å². The van der Waals surface area contributed by atoms with E-state index in [1.807, 2.05) is 37.3 Å². The number of hydrogen-bond donors (Lipinski definition) is 2. The molecule has 0 saturated heterocycles. The number of hydrogen-bond acceptors (Lipinski definition) is 4. The van der Waals surface area contributed by atoms with Gasteiger partial charge in [0, 0.05) is 6.54 Å². The first-order valence-electron chi connectivity index (χ1n) is 9.42. The van der Waals surface area contributed by atoms with Gasteiger partial charge in [-0.05, 0) is 54.7 Å². The lowest BCUT2D eigenvalue weighted by Gasteiger charge is -2.10. The van der Waals surface area contributed by atoms with Gasteiger partial charge in [0.25, 0.3) is 10.0 Å². The molecule has 5 nitrogen and oxygen atoms in total. The first kappa shape index (κ1) is 19.9. The quantitative estimate of drug-likeness (QED) is 0.524. The van der Waals surface area contributed by atoms with Crippen molar-refractivity contribution < 1.29 is 8.42 Å². The average Bonchev–Trinajstić information content (AvgIpc) is 2.73. The summed E-state index contributed by atoms with van der Waals surface area (Å²) < 4.78 is 27.5. The molecule has 1 heterocycles. The minimum Gasteiger partial charge on any atom is -0.370 e. The fourth-order valence-electron chi connectivity index (χ4n) is 2.83. The summed E-state index contributed by atoms with van der Waals surface area (Å²) in [5, 5.41) is 3.26. The Morgan fingerprint density at radius 2 is 1.64 bits per heavy atom. The van der Waals surface area contributed by atoms with Crippen LogP contribution in [0.15, 0.2) is 77.8 Å². The van der Waals surface area contributed by atoms with E-state index in [9.17, 15) is 8.42 Å². The third kappa shape index (κ3) is 5.57. The number of aromatic nitrogens is 1. The molecule has 3 rings (SSSR count). The van der Waals surface area contributed by atoms with Crippen LogP contribution in [0.2, 0.25) is 0 Å². The predicted octanol–water partition coefficient (Wildman–Crippen LogP) is 4.49. The summed E-state index contributed by atoms with van der Waals surface area (Å²) >= 11 is 0. The van der Waals surface area contributed by atoms with E-state index in [0.29, 0.717) is 5.69 Å². The molecule has 0 spiro atoms. The summed E-state index contributed by atoms with van der Waals surface area (Å²) in [6.45, 7) is 2.83. The van der Waals surface area contributed by atoms with Crippen molar-refractivity contribution in [1.82, 2.24) is 4.98 Å². The van der Waals surface area contributed by atoms with E-state index in [1.165, 1.54) is 11.8 Å². The lowest BCUT2D eigenvalue weighted by Crippen LogP contribution is -2.13. The summed E-state index contributed by atoms with van der Waals surface area (Å²) in [7, 11) is -3.61. The van der Waals surface area contributed by atoms with Crippen LogP contribution in [0.4, 0.5) is 11.5 Å². The van der Waals surface area contributed by atoms with Crippen molar-refractivity contribution in [2.24, 2.45) is 0 Å². The average molecular weight is 396 g/mol. The Labute approximate surface area is 166 Å². The molecular weight excluding hydrogens is 370 g/mol. The number of sulfonamides is 1. The highest BCUT2D eigenvalue weighted by Gasteiger charge is 2.14. The van der Waals surface area contributed by atoms with Gasteiger partial charge in [-0.1, -0.05) is 49.4 Å². The second-order valence-corrected chi connectivity index (χ2v) is 8.23. The fourth-order valence-corrected chi connectivity index (χ4v) is 3.87. The van der Waals surface area contributed by atoms with Gasteiger partial charge in [-0.3, -0.25) is 4.72 Å². The van der Waals surface area contributed by atoms with Crippen molar-refractivity contribution in [2.75, 3.05) is 16.6 Å². The number of anilines is 2. The summed E-state index contributed by atoms with van der Waals surface area (Å²) in [6, 6.07) is 20.7. The molecule has 2 N–H and O–H groups in total. The second kappa shape index (κ2) is 9.37. The van der Waals surface area contributed by atoms with Crippen molar-refractivity contribution in [3.8, 4) is 0 Å². The Morgan fingerprint density at radius 1 is 0.893 bits per heavy atom. The summed E-state index contributed by atoms with van der Waals surface area (Å²) in [6.07, 6.45) is 4.39. The molecule has 0 saturated carbocycles. The highest BCUT2D eigenvalue weighted by atomic mass is 32.2. The zero-order valence-corrected chi connectivity index (χ0v) is 16.7. The first-order valence-corrected chi connectivity index (χ1v) is 10.9. The highest BCUT2D eigenvalue weighted by Crippen LogP contribution is 2.17. The first-order chi connectivity index (χ1) is 13.6. The van der Waals surface area contributed by atoms with Crippen LogP contribution in [-0.4, -0.2) is 19.9 Å². The van der Waals surface area contributed by atoms with Crippen LogP contribution >= 0.6 is 0 Å². The van der Waals surface area contributed by atoms with Gasteiger partial charge in [-0.15, -0.1) is 0 Å². The molecule has 0 fully saturated rings. The Hall–Kier alpha value is -2.86. The van der Waals surface area contributed by atoms with Crippen LogP contribution in [0.3, 0.4) is 0 Å². The molecule has 0 bridgehead atoms. The maximum absolute atomic E-state index is 12.5. The largest absolute Gasteiger partial charge is 0.370 e. The van der Waals surface area contributed by atoms with Crippen molar-refractivity contribution in [3.63, 3.8) is 0 Å². The molecule has 0 aliphatic carbocycles. The van der Waals surface area contributed by atoms with Gasteiger partial charge in [-0.2, -0.15) is 0 Å². The van der Waals surface area contributed by atoms with Gasteiger partial charge in [0.15, 0.2) is 0 Å². The van der Waals surface area contributed by atoms with Gasteiger partial charge in [0.1, 0.15) is 5.82 Å². The van der Waals surface area contributed by atoms with E-state index in [0.717, 1.165) is 37.2 Å². The predicted molar refractivity (Wildman–Crippen MR) is 114 cm³/mol. The second-order valence-electron chi connectivity index (χ2n) is 6.55. The van der Waals surface area contributed by atoms with Gasteiger partial charge in [-0.25, -0.2) is 13.4 Å². The normalized spacial score (nSPS) is 11.2. The van der Waals surface area contributed by atoms with Crippen molar-refractivity contribution in [3.05, 3.63) is 84.1 Å². The third-order valence-electron chi connectivity index (χ3n) is 4.45. The summed E-state index contributed by atoms with van der Waals surface area (Å²) in [5.41, 5.74) is 2.85. The van der Waals surface area contributed by atoms with Crippen LogP contribution in [-0.2, 0) is 22.9 Å². The standard InChI is InChI=1S/C22H25N3O2S/c1-2-18-10-13-21(14-11-18)28(26,27)25-20-12-15-22(24-17-20)23-16-6-9-19-7-4-3-5-8-19/h3-5,7-8,10-15,17,25H,2,6,9,16H2,1H3,(H,23,24). The number of benzene rings is 2. The Kier molecular flexibility index (Phi) is 6.66. The molecule has 0 unspecified atom stereocenters. The summed E-state index contributed by atoms with van der Waals surface area (Å²) in [4.78, 5) is 4.53. The molecule has 0 amide bonds. The van der Waals surface area contributed by atoms with E-state index >= 15 is 0 Å². The van der Waals surface area contributed by atoms with Crippen molar-refractivity contribution in [1.29, 1.82) is 0 Å². The minimum absolute atomic E-state index is 0.243. The topological polar surface area (TPSA) is 71.1 Å². The van der Waals surface area contributed by atoms with E-state index < -0.39 is 10.0 Å². The maximum Gasteiger partial charge on any atom is 0.261 e. The number of nitrogens with zero attached hydrogens (tertiary/aromatic N) is 1. The smallest absolute Gasteiger partial charge is 0.261 e. The lowest BCUT2D eigenvalue weighted by atomic mass is 10.1. The van der Waals surface area contributed by atoms with E-state index in [1.54, 1.807) is 24.3 Å². The highest BCUT2D eigenvalue weighted by molar-refractivity contribution is 7.92. The molecule has 0 atom stereocenters. The van der Waals surface area contributed by atoms with Crippen LogP contribution in [0.5, 0.6) is 0 Å². The van der Waals surface area contributed by atoms with E-state index in [2.05, 4.69) is 27.2 Å². The Bertz CT molecular complexity index is 971. The molecule has 146 valence electrons. The monoisotopic (exact) mass is 395 g/mol. The minimum atomic E-state index is -3.61. The van der Waals surface area contributed by atoms with Gasteiger partial charge in [0.05, 0.1) is 16.8 Å². The van der Waals surface area contributed by atoms with Crippen molar-refractivity contribution >= 4 is 21.5 Å². The number of aryl methyl sites for hydroxylation is 2. The van der Waals surface area contributed by atoms with E-state index in [4.69, 9.17) is 0 Å². The molecule has 2 aromatic carbocycles.